The number of rotatable bonds is 8. The van der Waals surface area contributed by atoms with Crippen molar-refractivity contribution in [1.29, 1.82) is 0 Å². The van der Waals surface area contributed by atoms with Crippen molar-refractivity contribution in [3.8, 4) is 17.2 Å². The molecule has 0 aliphatic rings. The molecular formula is C18H24N4O4. The Hall–Kier alpha value is -3.03. The van der Waals surface area contributed by atoms with Crippen molar-refractivity contribution in [2.75, 3.05) is 27.9 Å². The Balaban J connectivity index is 2.38. The largest absolute Gasteiger partial charge is 0.493 e. The summed E-state index contributed by atoms with van der Waals surface area (Å²) in [5.41, 5.74) is 1.56. The van der Waals surface area contributed by atoms with Crippen LogP contribution in [0.4, 0.5) is 5.69 Å². The molecule has 26 heavy (non-hydrogen) atoms. The van der Waals surface area contributed by atoms with Crippen LogP contribution in [-0.2, 0) is 7.05 Å². The van der Waals surface area contributed by atoms with Crippen molar-refractivity contribution in [2.24, 2.45) is 12.0 Å². The molecule has 1 aromatic heterocycles. The minimum atomic E-state index is -0.210. The number of methoxy groups -OCH3 is 3. The summed E-state index contributed by atoms with van der Waals surface area (Å²) in [6.07, 6.45) is 4.00. The van der Waals surface area contributed by atoms with Gasteiger partial charge in [0.15, 0.2) is 17.2 Å². The molecule has 0 saturated heterocycles. The van der Waals surface area contributed by atoms with Crippen LogP contribution in [0.2, 0.25) is 0 Å². The summed E-state index contributed by atoms with van der Waals surface area (Å²) in [6, 6.07) is 3.57. The van der Waals surface area contributed by atoms with E-state index in [0.29, 0.717) is 40.7 Å². The number of hydrogen-bond donors (Lipinski definition) is 1. The van der Waals surface area contributed by atoms with Crippen LogP contribution in [0.3, 0.4) is 0 Å². The molecule has 0 saturated carbocycles. The molecule has 2 rings (SSSR count). The Morgan fingerprint density at radius 1 is 1.23 bits per heavy atom. The topological polar surface area (TPSA) is 87.0 Å². The fraction of sp³-hybridized carbons (Fsp3) is 0.389. The summed E-state index contributed by atoms with van der Waals surface area (Å²) < 4.78 is 17.6. The standard InChI is InChI=1S/C18H24N4O4/c1-6-9-19-18(23)15-13(11-21-22(15)2)20-10-12-7-8-14(24-3)17(26-5)16(12)25-4/h7-8,10-11H,6,9H2,1-5H3,(H,19,23). The Kier molecular flexibility index (Phi) is 6.60. The molecule has 0 unspecified atom stereocenters. The van der Waals surface area contributed by atoms with E-state index < -0.39 is 0 Å². The summed E-state index contributed by atoms with van der Waals surface area (Å²) >= 11 is 0. The van der Waals surface area contributed by atoms with Gasteiger partial charge in [0.05, 0.1) is 27.5 Å². The molecular weight excluding hydrogens is 336 g/mol. The van der Waals surface area contributed by atoms with E-state index >= 15 is 0 Å². The fourth-order valence-corrected chi connectivity index (χ4v) is 2.47. The fourth-order valence-electron chi connectivity index (χ4n) is 2.47. The van der Waals surface area contributed by atoms with Gasteiger partial charge in [-0.05, 0) is 18.6 Å². The van der Waals surface area contributed by atoms with E-state index in [1.54, 1.807) is 52.9 Å². The van der Waals surface area contributed by atoms with Crippen LogP contribution in [0.25, 0.3) is 0 Å². The SMILES string of the molecule is CCCNC(=O)c1c(N=Cc2ccc(OC)c(OC)c2OC)cnn1C. The summed E-state index contributed by atoms with van der Waals surface area (Å²) in [4.78, 5) is 16.7. The Morgan fingerprint density at radius 2 is 1.96 bits per heavy atom. The highest BCUT2D eigenvalue weighted by molar-refractivity contribution is 5.98. The number of benzene rings is 1. The summed E-state index contributed by atoms with van der Waals surface area (Å²) in [7, 11) is 6.35. The number of ether oxygens (including phenoxy) is 3. The Labute approximate surface area is 152 Å². The molecule has 1 aromatic carbocycles. The van der Waals surface area contributed by atoms with Crippen molar-refractivity contribution in [3.05, 3.63) is 29.6 Å². The van der Waals surface area contributed by atoms with Crippen LogP contribution in [0.5, 0.6) is 17.2 Å². The maximum Gasteiger partial charge on any atom is 0.271 e. The van der Waals surface area contributed by atoms with Crippen LogP contribution >= 0.6 is 0 Å². The third kappa shape index (κ3) is 3.96. The molecule has 8 heteroatoms. The van der Waals surface area contributed by atoms with Gasteiger partial charge in [0.25, 0.3) is 5.91 Å². The molecule has 2 aromatic rings. The molecule has 0 fully saturated rings. The maximum atomic E-state index is 12.3. The van der Waals surface area contributed by atoms with E-state index in [9.17, 15) is 4.79 Å². The van der Waals surface area contributed by atoms with Crippen molar-refractivity contribution in [3.63, 3.8) is 0 Å². The van der Waals surface area contributed by atoms with Gasteiger partial charge in [-0.3, -0.25) is 14.5 Å². The number of hydrogen-bond acceptors (Lipinski definition) is 6. The first kappa shape index (κ1) is 19.3. The van der Waals surface area contributed by atoms with Gasteiger partial charge in [-0.1, -0.05) is 6.92 Å². The van der Waals surface area contributed by atoms with E-state index in [1.807, 2.05) is 6.92 Å². The van der Waals surface area contributed by atoms with Crippen molar-refractivity contribution < 1.29 is 19.0 Å². The van der Waals surface area contributed by atoms with Crippen LogP contribution in [0, 0.1) is 0 Å². The Morgan fingerprint density at radius 3 is 2.58 bits per heavy atom. The van der Waals surface area contributed by atoms with Crippen molar-refractivity contribution >= 4 is 17.8 Å². The van der Waals surface area contributed by atoms with Gasteiger partial charge in [0, 0.05) is 25.4 Å². The number of nitrogens with one attached hydrogen (secondary N) is 1. The number of carbonyl (C=O) groups is 1. The number of nitrogens with zero attached hydrogens (tertiary/aromatic N) is 3. The molecule has 1 amide bonds. The number of amides is 1. The number of aliphatic imine (C=N–C) groups is 1. The minimum absolute atomic E-state index is 0.210. The first-order chi connectivity index (χ1) is 12.6. The lowest BCUT2D eigenvalue weighted by atomic mass is 10.2. The highest BCUT2D eigenvalue weighted by Crippen LogP contribution is 2.39. The number of carbonyl (C=O) groups excluding carboxylic acids is 1. The van der Waals surface area contributed by atoms with E-state index in [0.717, 1.165) is 6.42 Å². The average molecular weight is 360 g/mol. The zero-order valence-corrected chi connectivity index (χ0v) is 15.7. The molecule has 1 heterocycles. The number of aromatic nitrogens is 2. The Bertz CT molecular complexity index is 799. The second kappa shape index (κ2) is 8.89. The molecule has 0 aliphatic carbocycles. The van der Waals surface area contributed by atoms with E-state index in [4.69, 9.17) is 14.2 Å². The smallest absolute Gasteiger partial charge is 0.271 e. The lowest BCUT2D eigenvalue weighted by Crippen LogP contribution is -2.26. The predicted octanol–water partition coefficient (Wildman–Crippen LogP) is 2.34. The van der Waals surface area contributed by atoms with Gasteiger partial charge >= 0.3 is 0 Å². The van der Waals surface area contributed by atoms with Crippen LogP contribution in [-0.4, -0.2) is 49.8 Å². The quantitative estimate of drug-likeness (QED) is 0.730. The lowest BCUT2D eigenvalue weighted by molar-refractivity contribution is 0.0945. The lowest BCUT2D eigenvalue weighted by Gasteiger charge is -2.13. The summed E-state index contributed by atoms with van der Waals surface area (Å²) in [5.74, 6) is 1.32. The van der Waals surface area contributed by atoms with Crippen molar-refractivity contribution in [2.45, 2.75) is 13.3 Å². The molecule has 0 aliphatic heterocycles. The van der Waals surface area contributed by atoms with Crippen LogP contribution in [0.1, 0.15) is 29.4 Å². The maximum absolute atomic E-state index is 12.3. The molecule has 140 valence electrons. The summed E-state index contributed by atoms with van der Waals surface area (Å²) in [6.45, 7) is 2.59. The van der Waals surface area contributed by atoms with Gasteiger partial charge in [-0.2, -0.15) is 5.10 Å². The molecule has 0 spiro atoms. The predicted molar refractivity (Wildman–Crippen MR) is 99.2 cm³/mol. The molecule has 0 bridgehead atoms. The second-order valence-electron chi connectivity index (χ2n) is 5.44. The van der Waals surface area contributed by atoms with Gasteiger partial charge in [-0.25, -0.2) is 0 Å². The molecule has 8 nitrogen and oxygen atoms in total. The molecule has 0 radical (unpaired) electrons. The van der Waals surface area contributed by atoms with Crippen LogP contribution in [0.15, 0.2) is 23.3 Å². The zero-order valence-electron chi connectivity index (χ0n) is 15.7. The first-order valence-electron chi connectivity index (χ1n) is 8.20. The first-order valence-corrected chi connectivity index (χ1v) is 8.20. The number of aryl methyl sites for hydroxylation is 1. The molecule has 1 N–H and O–H groups in total. The summed E-state index contributed by atoms with van der Waals surface area (Å²) in [5, 5.41) is 6.96. The zero-order chi connectivity index (χ0) is 19.1. The normalized spacial score (nSPS) is 10.8. The van der Waals surface area contributed by atoms with Crippen LogP contribution < -0.4 is 19.5 Å². The third-order valence-corrected chi connectivity index (χ3v) is 3.75. The average Bonchev–Trinajstić information content (AvgIpc) is 3.03. The minimum Gasteiger partial charge on any atom is -0.493 e. The molecule has 0 atom stereocenters. The van der Waals surface area contributed by atoms with Gasteiger partial charge in [-0.15, -0.1) is 0 Å². The third-order valence-electron chi connectivity index (χ3n) is 3.75. The highest BCUT2D eigenvalue weighted by Gasteiger charge is 2.17. The van der Waals surface area contributed by atoms with Gasteiger partial charge in [0.2, 0.25) is 5.75 Å². The van der Waals surface area contributed by atoms with Gasteiger partial charge < -0.3 is 19.5 Å². The van der Waals surface area contributed by atoms with Gasteiger partial charge in [0.1, 0.15) is 5.69 Å². The van der Waals surface area contributed by atoms with E-state index in [1.165, 1.54) is 4.68 Å². The van der Waals surface area contributed by atoms with E-state index in [2.05, 4.69) is 15.4 Å². The van der Waals surface area contributed by atoms with E-state index in [-0.39, 0.29) is 5.91 Å². The monoisotopic (exact) mass is 360 g/mol. The highest BCUT2D eigenvalue weighted by atomic mass is 16.5. The second-order valence-corrected chi connectivity index (χ2v) is 5.44. The van der Waals surface area contributed by atoms with Crippen molar-refractivity contribution in [1.82, 2.24) is 15.1 Å².